The van der Waals surface area contributed by atoms with E-state index in [1.807, 2.05) is 55.5 Å². The molecule has 3 aromatic carbocycles. The molecule has 2 unspecified atom stereocenters. The van der Waals surface area contributed by atoms with Crippen LogP contribution in [0.2, 0.25) is 0 Å². The minimum absolute atomic E-state index is 0.646. The van der Waals surface area contributed by atoms with Gasteiger partial charge in [-0.1, -0.05) is 78.9 Å². The van der Waals surface area contributed by atoms with Crippen molar-refractivity contribution in [3.8, 4) is 0 Å². The molecule has 0 spiro atoms. The van der Waals surface area contributed by atoms with Gasteiger partial charge in [0.2, 0.25) is 0 Å². The zero-order valence-electron chi connectivity index (χ0n) is 15.4. The van der Waals surface area contributed by atoms with Crippen molar-refractivity contribution in [2.75, 3.05) is 0 Å². The molecular weight excluding hydrogens is 332 g/mol. The maximum absolute atomic E-state index is 11.0. The van der Waals surface area contributed by atoms with Crippen LogP contribution in [0.4, 0.5) is 0 Å². The predicted octanol–water partition coefficient (Wildman–Crippen LogP) is 4.51. The minimum atomic E-state index is -0.778. The molecule has 3 heteroatoms. The van der Waals surface area contributed by atoms with E-state index in [4.69, 9.17) is 0 Å². The van der Waals surface area contributed by atoms with Crippen molar-refractivity contribution in [3.63, 3.8) is 0 Å². The first-order chi connectivity index (χ1) is 13.2. The fourth-order valence-electron chi connectivity index (χ4n) is 3.83. The molecule has 0 bridgehead atoms. The van der Waals surface area contributed by atoms with Crippen LogP contribution in [0, 0.1) is 0 Å². The van der Waals surface area contributed by atoms with E-state index in [9.17, 15) is 5.11 Å². The van der Waals surface area contributed by atoms with Gasteiger partial charge >= 0.3 is 0 Å². The van der Waals surface area contributed by atoms with Crippen LogP contribution in [0.15, 0.2) is 97.2 Å². The molecule has 27 heavy (non-hydrogen) atoms. The molecule has 2 N–H and O–H groups in total. The summed E-state index contributed by atoms with van der Waals surface area (Å²) in [5.74, 6) is 0. The van der Waals surface area contributed by atoms with Crippen LogP contribution in [0.3, 0.4) is 0 Å². The summed E-state index contributed by atoms with van der Waals surface area (Å²) in [6.07, 6.45) is 1.40. The van der Waals surface area contributed by atoms with Crippen molar-refractivity contribution in [3.05, 3.63) is 108 Å². The molecule has 1 aromatic heterocycles. The summed E-state index contributed by atoms with van der Waals surface area (Å²) in [5, 5.41) is 15.9. The van der Waals surface area contributed by atoms with E-state index in [0.29, 0.717) is 6.54 Å². The van der Waals surface area contributed by atoms with Crippen LogP contribution in [-0.4, -0.2) is 15.8 Å². The highest BCUT2D eigenvalue weighted by atomic mass is 16.3. The zero-order valence-corrected chi connectivity index (χ0v) is 15.4. The van der Waals surface area contributed by atoms with Crippen LogP contribution in [0.25, 0.3) is 10.9 Å². The summed E-state index contributed by atoms with van der Waals surface area (Å²) in [6.45, 7) is 2.49. The van der Waals surface area contributed by atoms with Crippen molar-refractivity contribution in [2.45, 2.75) is 25.2 Å². The molecule has 136 valence electrons. The molecule has 3 nitrogen and oxygen atoms in total. The lowest BCUT2D eigenvalue weighted by Crippen LogP contribution is -2.55. The first kappa shape index (κ1) is 17.5. The van der Waals surface area contributed by atoms with Crippen molar-refractivity contribution in [1.82, 2.24) is 9.88 Å². The zero-order chi connectivity index (χ0) is 18.7. The lowest BCUT2D eigenvalue weighted by molar-refractivity contribution is 0.0520. The molecule has 0 saturated heterocycles. The van der Waals surface area contributed by atoms with Crippen LogP contribution in [-0.2, 0) is 12.2 Å². The van der Waals surface area contributed by atoms with Gasteiger partial charge in [-0.2, -0.15) is 0 Å². The number of para-hydroxylation sites is 1. The molecular formula is C24H24N2O. The second-order valence-electron chi connectivity index (χ2n) is 6.89. The normalized spacial score (nSPS) is 14.7. The van der Waals surface area contributed by atoms with Crippen molar-refractivity contribution in [1.29, 1.82) is 0 Å². The summed E-state index contributed by atoms with van der Waals surface area (Å²) < 4.78 is 2.16. The largest absolute Gasteiger partial charge is 0.389 e. The second kappa shape index (κ2) is 7.39. The number of hydrogen-bond acceptors (Lipinski definition) is 2. The third-order valence-corrected chi connectivity index (χ3v) is 5.20. The SMILES string of the molecule is CC(O)C(NCc1ccccc1)(c1ccccc1)n1ccc2ccccc21. The average Bonchev–Trinajstić information content (AvgIpc) is 3.15. The Morgan fingerprint density at radius 2 is 1.48 bits per heavy atom. The van der Waals surface area contributed by atoms with E-state index in [0.717, 1.165) is 16.5 Å². The number of nitrogens with zero attached hydrogens (tertiary/aromatic N) is 1. The third-order valence-electron chi connectivity index (χ3n) is 5.20. The lowest BCUT2D eigenvalue weighted by Gasteiger charge is -2.40. The van der Waals surface area contributed by atoms with Gasteiger partial charge in [-0.15, -0.1) is 0 Å². The van der Waals surface area contributed by atoms with Crippen LogP contribution >= 0.6 is 0 Å². The number of fused-ring (bicyclic) bond motifs is 1. The molecule has 0 radical (unpaired) electrons. The Morgan fingerprint density at radius 3 is 2.19 bits per heavy atom. The second-order valence-corrected chi connectivity index (χ2v) is 6.89. The van der Waals surface area contributed by atoms with Gasteiger partial charge in [-0.25, -0.2) is 0 Å². The third kappa shape index (κ3) is 3.16. The molecule has 4 rings (SSSR count). The molecule has 4 aromatic rings. The maximum atomic E-state index is 11.0. The van der Waals surface area contributed by atoms with Gasteiger partial charge in [0.15, 0.2) is 0 Å². The van der Waals surface area contributed by atoms with E-state index in [-0.39, 0.29) is 0 Å². The highest BCUT2D eigenvalue weighted by molar-refractivity contribution is 5.80. The molecule has 0 aliphatic carbocycles. The number of aliphatic hydroxyl groups is 1. The Morgan fingerprint density at radius 1 is 0.852 bits per heavy atom. The monoisotopic (exact) mass is 356 g/mol. The first-order valence-electron chi connectivity index (χ1n) is 9.31. The van der Waals surface area contributed by atoms with Crippen LogP contribution < -0.4 is 5.32 Å². The Kier molecular flexibility index (Phi) is 4.80. The summed E-state index contributed by atoms with van der Waals surface area (Å²) in [5.41, 5.74) is 2.51. The smallest absolute Gasteiger partial charge is 0.147 e. The number of hydrogen-bond donors (Lipinski definition) is 2. The van der Waals surface area contributed by atoms with E-state index < -0.39 is 11.8 Å². The van der Waals surface area contributed by atoms with Gasteiger partial charge in [0.1, 0.15) is 5.66 Å². The van der Waals surface area contributed by atoms with Gasteiger partial charge in [-0.05, 0) is 35.6 Å². The average molecular weight is 356 g/mol. The van der Waals surface area contributed by atoms with Crippen molar-refractivity contribution in [2.24, 2.45) is 0 Å². The Bertz CT molecular complexity index is 1010. The van der Waals surface area contributed by atoms with Gasteiger partial charge in [0, 0.05) is 18.3 Å². The molecule has 0 aliphatic heterocycles. The van der Waals surface area contributed by atoms with Crippen LogP contribution in [0.5, 0.6) is 0 Å². The minimum Gasteiger partial charge on any atom is -0.389 e. The fraction of sp³-hybridized carbons (Fsp3) is 0.167. The summed E-state index contributed by atoms with van der Waals surface area (Å²) in [4.78, 5) is 0. The standard InChI is InChI=1S/C24H24N2O/c1-19(27)24(22-13-6-3-7-14-22,25-18-20-10-4-2-5-11-20)26-17-16-21-12-8-9-15-23(21)26/h2-17,19,25,27H,18H2,1H3. The number of benzene rings is 3. The van der Waals surface area contributed by atoms with Crippen molar-refractivity contribution < 1.29 is 5.11 Å². The molecule has 0 fully saturated rings. The number of aromatic nitrogens is 1. The highest BCUT2D eigenvalue weighted by Crippen LogP contribution is 2.32. The quantitative estimate of drug-likeness (QED) is 0.533. The van der Waals surface area contributed by atoms with E-state index in [1.54, 1.807) is 0 Å². The van der Waals surface area contributed by atoms with Gasteiger partial charge in [0.25, 0.3) is 0 Å². The van der Waals surface area contributed by atoms with E-state index in [2.05, 4.69) is 58.5 Å². The molecule has 0 saturated carbocycles. The number of nitrogens with one attached hydrogen (secondary N) is 1. The molecule has 2 atom stereocenters. The Hall–Kier alpha value is -2.88. The van der Waals surface area contributed by atoms with Gasteiger partial charge in [-0.3, -0.25) is 5.32 Å². The molecule has 1 heterocycles. The summed E-state index contributed by atoms with van der Waals surface area (Å²) in [6, 6.07) is 30.8. The number of rotatable bonds is 6. The topological polar surface area (TPSA) is 37.2 Å². The van der Waals surface area contributed by atoms with Crippen LogP contribution in [0.1, 0.15) is 18.1 Å². The molecule has 0 aliphatic rings. The Balaban J connectivity index is 1.88. The lowest BCUT2D eigenvalue weighted by atomic mass is 9.92. The summed E-state index contributed by atoms with van der Waals surface area (Å²) in [7, 11) is 0. The summed E-state index contributed by atoms with van der Waals surface area (Å²) >= 11 is 0. The van der Waals surface area contributed by atoms with Gasteiger partial charge in [0.05, 0.1) is 6.10 Å². The fourth-order valence-corrected chi connectivity index (χ4v) is 3.83. The highest BCUT2D eigenvalue weighted by Gasteiger charge is 2.39. The van der Waals surface area contributed by atoms with Crippen molar-refractivity contribution >= 4 is 10.9 Å². The predicted molar refractivity (Wildman–Crippen MR) is 110 cm³/mol. The maximum Gasteiger partial charge on any atom is 0.147 e. The number of aliphatic hydroxyl groups excluding tert-OH is 1. The first-order valence-corrected chi connectivity index (χ1v) is 9.31. The van der Waals surface area contributed by atoms with E-state index >= 15 is 0 Å². The molecule has 0 amide bonds. The Labute approximate surface area is 159 Å². The van der Waals surface area contributed by atoms with Gasteiger partial charge < -0.3 is 9.67 Å². The van der Waals surface area contributed by atoms with E-state index in [1.165, 1.54) is 5.56 Å².